The molecule has 0 amide bonds. The van der Waals surface area contributed by atoms with Gasteiger partial charge < -0.3 is 16.0 Å². The number of nitrogen functional groups attached to an aromatic ring is 1. The number of rotatable bonds is 4. The first kappa shape index (κ1) is 12.6. The minimum absolute atomic E-state index is 0.512. The van der Waals surface area contributed by atoms with E-state index >= 15 is 0 Å². The lowest BCUT2D eigenvalue weighted by Gasteiger charge is -2.21. The molecule has 0 aliphatic rings. The van der Waals surface area contributed by atoms with Gasteiger partial charge in [-0.05, 0) is 61.8 Å². The summed E-state index contributed by atoms with van der Waals surface area (Å²) in [7, 11) is 4.17. The molecule has 0 saturated heterocycles. The van der Waals surface area contributed by atoms with Crippen LogP contribution in [0.3, 0.4) is 0 Å². The van der Waals surface area contributed by atoms with Crippen molar-refractivity contribution in [3.05, 3.63) is 21.8 Å². The maximum Gasteiger partial charge on any atom is 0.0477 e. The van der Waals surface area contributed by atoms with Gasteiger partial charge in [0.15, 0.2) is 0 Å². The van der Waals surface area contributed by atoms with E-state index in [4.69, 9.17) is 5.73 Å². The van der Waals surface area contributed by atoms with Crippen molar-refractivity contribution >= 4 is 34.0 Å². The molecule has 0 saturated carbocycles. The third kappa shape index (κ3) is 3.87. The average molecular weight is 319 g/mol. The van der Waals surface area contributed by atoms with E-state index < -0.39 is 0 Å². The summed E-state index contributed by atoms with van der Waals surface area (Å²) >= 11 is 2.29. The number of nitrogens with zero attached hydrogens (tertiary/aromatic N) is 1. The van der Waals surface area contributed by atoms with Crippen molar-refractivity contribution in [1.29, 1.82) is 0 Å². The van der Waals surface area contributed by atoms with Crippen LogP contribution in [0.5, 0.6) is 0 Å². The Morgan fingerprint density at radius 1 is 1.47 bits per heavy atom. The monoisotopic (exact) mass is 319 g/mol. The van der Waals surface area contributed by atoms with Crippen LogP contribution < -0.4 is 11.1 Å². The lowest BCUT2D eigenvalue weighted by Crippen LogP contribution is -2.31. The Hall–Kier alpha value is -0.490. The fourth-order valence-corrected chi connectivity index (χ4v) is 1.85. The maximum absolute atomic E-state index is 5.69. The number of nitrogens with two attached hydrogens (primary N) is 1. The molecule has 0 fully saturated rings. The van der Waals surface area contributed by atoms with E-state index in [1.54, 1.807) is 0 Å². The van der Waals surface area contributed by atoms with Gasteiger partial charge in [0.05, 0.1) is 0 Å². The van der Waals surface area contributed by atoms with E-state index in [0.29, 0.717) is 6.04 Å². The van der Waals surface area contributed by atoms with Gasteiger partial charge in [-0.15, -0.1) is 0 Å². The van der Waals surface area contributed by atoms with Crippen LogP contribution in [0.25, 0.3) is 0 Å². The molecule has 15 heavy (non-hydrogen) atoms. The van der Waals surface area contributed by atoms with Crippen molar-refractivity contribution in [3.8, 4) is 0 Å². The van der Waals surface area contributed by atoms with Gasteiger partial charge in [-0.3, -0.25) is 0 Å². The number of benzene rings is 1. The molecule has 3 nitrogen and oxygen atoms in total. The molecule has 84 valence electrons. The highest BCUT2D eigenvalue weighted by molar-refractivity contribution is 14.1. The molecule has 1 aromatic rings. The molecule has 0 spiro atoms. The Morgan fingerprint density at radius 3 is 2.67 bits per heavy atom. The molecule has 3 N–H and O–H groups in total. The van der Waals surface area contributed by atoms with E-state index in [0.717, 1.165) is 17.9 Å². The van der Waals surface area contributed by atoms with E-state index in [9.17, 15) is 0 Å². The van der Waals surface area contributed by atoms with E-state index in [1.165, 1.54) is 3.57 Å². The first-order valence-electron chi connectivity index (χ1n) is 4.96. The summed E-state index contributed by atoms with van der Waals surface area (Å²) in [6.07, 6.45) is 0. The van der Waals surface area contributed by atoms with E-state index in [2.05, 4.69) is 53.8 Å². The summed E-state index contributed by atoms with van der Waals surface area (Å²) in [5.74, 6) is 0. The molecule has 1 unspecified atom stereocenters. The minimum Gasteiger partial charge on any atom is -0.399 e. The summed E-state index contributed by atoms with van der Waals surface area (Å²) in [5.41, 5.74) is 7.65. The lowest BCUT2D eigenvalue weighted by molar-refractivity contribution is 0.326. The van der Waals surface area contributed by atoms with Crippen molar-refractivity contribution in [2.75, 3.05) is 31.7 Å². The quantitative estimate of drug-likeness (QED) is 0.661. The molecule has 0 bridgehead atoms. The van der Waals surface area contributed by atoms with E-state index in [1.807, 2.05) is 18.2 Å². The molecule has 0 heterocycles. The molecule has 4 heteroatoms. The van der Waals surface area contributed by atoms with Crippen LogP contribution in [0.15, 0.2) is 18.2 Å². The maximum atomic E-state index is 5.69. The van der Waals surface area contributed by atoms with Gasteiger partial charge in [-0.25, -0.2) is 0 Å². The van der Waals surface area contributed by atoms with Crippen LogP contribution in [0.1, 0.15) is 6.92 Å². The predicted molar refractivity (Wildman–Crippen MR) is 75.2 cm³/mol. The average Bonchev–Trinajstić information content (AvgIpc) is 2.15. The Kier molecular flexibility index (Phi) is 4.66. The molecule has 0 aromatic heterocycles. The molecule has 0 aliphatic carbocycles. The first-order valence-corrected chi connectivity index (χ1v) is 6.04. The van der Waals surface area contributed by atoms with Crippen molar-refractivity contribution < 1.29 is 0 Å². The van der Waals surface area contributed by atoms with Gasteiger partial charge in [0.25, 0.3) is 0 Å². The van der Waals surface area contributed by atoms with Crippen LogP contribution in [0, 0.1) is 3.57 Å². The molecule has 1 atom stereocenters. The highest BCUT2D eigenvalue weighted by Gasteiger charge is 2.05. The standard InChI is InChI=1S/C11H18IN3/c1-8(15(2)3)7-14-11-5-4-9(13)6-10(11)12/h4-6,8,14H,7,13H2,1-3H3. The largest absolute Gasteiger partial charge is 0.399 e. The zero-order valence-corrected chi connectivity index (χ0v) is 11.6. The lowest BCUT2D eigenvalue weighted by atomic mass is 10.2. The fraction of sp³-hybridized carbons (Fsp3) is 0.455. The van der Waals surface area contributed by atoms with Crippen LogP contribution in [0.4, 0.5) is 11.4 Å². The second-order valence-electron chi connectivity index (χ2n) is 3.93. The van der Waals surface area contributed by atoms with Crippen LogP contribution in [0.2, 0.25) is 0 Å². The second-order valence-corrected chi connectivity index (χ2v) is 5.10. The zero-order valence-electron chi connectivity index (χ0n) is 9.42. The molecule has 1 aromatic carbocycles. The summed E-state index contributed by atoms with van der Waals surface area (Å²) in [4.78, 5) is 2.19. The zero-order chi connectivity index (χ0) is 11.4. The van der Waals surface area contributed by atoms with Gasteiger partial charge >= 0.3 is 0 Å². The summed E-state index contributed by atoms with van der Waals surface area (Å²) in [6, 6.07) is 6.44. The van der Waals surface area contributed by atoms with Crippen LogP contribution in [-0.2, 0) is 0 Å². The van der Waals surface area contributed by atoms with Crippen molar-refractivity contribution in [2.24, 2.45) is 0 Å². The van der Waals surface area contributed by atoms with Gasteiger partial charge in [-0.1, -0.05) is 0 Å². The second kappa shape index (κ2) is 5.55. The summed E-state index contributed by atoms with van der Waals surface area (Å²) in [5, 5.41) is 3.42. The fourth-order valence-electron chi connectivity index (χ4n) is 1.11. The Balaban J connectivity index is 2.58. The van der Waals surface area contributed by atoms with Crippen LogP contribution >= 0.6 is 22.6 Å². The molecule has 1 rings (SSSR count). The highest BCUT2D eigenvalue weighted by atomic mass is 127. The van der Waals surface area contributed by atoms with Gasteiger partial charge in [0.1, 0.15) is 0 Å². The SMILES string of the molecule is CC(CNc1ccc(N)cc1I)N(C)C. The number of nitrogens with one attached hydrogen (secondary N) is 1. The number of hydrogen-bond donors (Lipinski definition) is 2. The summed E-state index contributed by atoms with van der Waals surface area (Å²) < 4.78 is 1.17. The Bertz CT molecular complexity index is 326. The molecule has 0 aliphatic heterocycles. The smallest absolute Gasteiger partial charge is 0.0477 e. The number of hydrogen-bond acceptors (Lipinski definition) is 3. The Morgan fingerprint density at radius 2 is 2.13 bits per heavy atom. The third-order valence-corrected chi connectivity index (χ3v) is 3.36. The van der Waals surface area contributed by atoms with Gasteiger partial charge in [0.2, 0.25) is 0 Å². The van der Waals surface area contributed by atoms with Gasteiger partial charge in [0, 0.05) is 27.5 Å². The Labute approximate surface area is 105 Å². The third-order valence-electron chi connectivity index (χ3n) is 2.46. The molecular weight excluding hydrogens is 301 g/mol. The predicted octanol–water partition coefficient (Wildman–Crippen LogP) is 2.24. The van der Waals surface area contributed by atoms with Crippen LogP contribution in [-0.4, -0.2) is 31.6 Å². The van der Waals surface area contributed by atoms with Crippen molar-refractivity contribution in [1.82, 2.24) is 4.90 Å². The van der Waals surface area contributed by atoms with E-state index in [-0.39, 0.29) is 0 Å². The highest BCUT2D eigenvalue weighted by Crippen LogP contribution is 2.20. The van der Waals surface area contributed by atoms with Crippen molar-refractivity contribution in [3.63, 3.8) is 0 Å². The first-order chi connectivity index (χ1) is 7.00. The number of anilines is 2. The van der Waals surface area contributed by atoms with Crippen molar-refractivity contribution in [2.45, 2.75) is 13.0 Å². The normalized spacial score (nSPS) is 12.9. The molecule has 0 radical (unpaired) electrons. The topological polar surface area (TPSA) is 41.3 Å². The number of halogens is 1. The summed E-state index contributed by atoms with van der Waals surface area (Å²) in [6.45, 7) is 3.13. The van der Waals surface area contributed by atoms with Gasteiger partial charge in [-0.2, -0.15) is 0 Å². The minimum atomic E-state index is 0.512. The number of likely N-dealkylation sites (N-methyl/N-ethyl adjacent to an activating group) is 1. The molecular formula is C11H18IN3.